The summed E-state index contributed by atoms with van der Waals surface area (Å²) in [5.74, 6) is -0.701. The second-order valence-corrected chi connectivity index (χ2v) is 4.60. The number of carbonyl (C=O) groups is 1. The zero-order valence-electron chi connectivity index (χ0n) is 10.6. The number of unbranched alkanes of at least 4 members (excludes halogenated alkanes) is 7. The Morgan fingerprint density at radius 3 is 1.82 bits per heavy atom. The van der Waals surface area contributed by atoms with E-state index in [4.69, 9.17) is 15.3 Å². The average molecular weight is 246 g/mol. The lowest BCUT2D eigenvalue weighted by molar-refractivity contribution is -0.137. The first-order valence-electron chi connectivity index (χ1n) is 6.67. The quantitative estimate of drug-likeness (QED) is 0.462. The smallest absolute Gasteiger partial charge is 0.303 e. The molecule has 4 heteroatoms. The lowest BCUT2D eigenvalue weighted by atomic mass is 10.1. The molecule has 4 nitrogen and oxygen atoms in total. The molecule has 3 N–H and O–H groups in total. The summed E-state index contributed by atoms with van der Waals surface area (Å²) in [6, 6.07) is 0. The van der Waals surface area contributed by atoms with Crippen molar-refractivity contribution < 1.29 is 20.1 Å². The van der Waals surface area contributed by atoms with Crippen LogP contribution in [-0.4, -0.2) is 34.0 Å². The predicted molar refractivity (Wildman–Crippen MR) is 66.9 cm³/mol. The van der Waals surface area contributed by atoms with Crippen molar-refractivity contribution in [3.63, 3.8) is 0 Å². The molecule has 0 rings (SSSR count). The largest absolute Gasteiger partial charge is 0.481 e. The fraction of sp³-hybridized carbons (Fsp3) is 0.923. The number of aliphatic hydroxyl groups excluding tert-OH is 2. The van der Waals surface area contributed by atoms with Gasteiger partial charge in [0, 0.05) is 6.42 Å². The number of aliphatic carboxylic acids is 1. The van der Waals surface area contributed by atoms with Crippen molar-refractivity contribution in [3.05, 3.63) is 0 Å². The van der Waals surface area contributed by atoms with Gasteiger partial charge < -0.3 is 15.3 Å². The van der Waals surface area contributed by atoms with Crippen LogP contribution in [0.25, 0.3) is 0 Å². The molecule has 0 spiro atoms. The lowest BCUT2D eigenvalue weighted by Gasteiger charge is -2.06. The van der Waals surface area contributed by atoms with Gasteiger partial charge in [0.05, 0.1) is 12.7 Å². The zero-order chi connectivity index (χ0) is 12.9. The third kappa shape index (κ3) is 13.3. The molecule has 1 unspecified atom stereocenters. The Bertz CT molecular complexity index is 182. The van der Waals surface area contributed by atoms with Gasteiger partial charge in [0.1, 0.15) is 0 Å². The minimum atomic E-state index is -0.701. The molecular formula is C13H26O4. The average Bonchev–Trinajstić information content (AvgIpc) is 2.30. The minimum Gasteiger partial charge on any atom is -0.481 e. The summed E-state index contributed by atoms with van der Waals surface area (Å²) >= 11 is 0. The van der Waals surface area contributed by atoms with Gasteiger partial charge in [-0.15, -0.1) is 0 Å². The highest BCUT2D eigenvalue weighted by atomic mass is 16.4. The van der Waals surface area contributed by atoms with Gasteiger partial charge in [0.15, 0.2) is 0 Å². The molecular weight excluding hydrogens is 220 g/mol. The number of hydrogen-bond acceptors (Lipinski definition) is 3. The summed E-state index contributed by atoms with van der Waals surface area (Å²) < 4.78 is 0. The first-order chi connectivity index (χ1) is 8.16. The molecule has 0 aliphatic heterocycles. The fourth-order valence-electron chi connectivity index (χ4n) is 1.81. The second-order valence-electron chi connectivity index (χ2n) is 4.60. The normalized spacial score (nSPS) is 12.6. The van der Waals surface area contributed by atoms with Gasteiger partial charge in [0.2, 0.25) is 0 Å². The van der Waals surface area contributed by atoms with E-state index in [2.05, 4.69) is 0 Å². The van der Waals surface area contributed by atoms with E-state index < -0.39 is 12.1 Å². The van der Waals surface area contributed by atoms with Crippen LogP contribution in [0.2, 0.25) is 0 Å². The standard InChI is InChI=1S/C13H26O4/c14-11-12(15)9-7-5-3-1-2-4-6-8-10-13(16)17/h12,14-15H,1-11H2,(H,16,17). The van der Waals surface area contributed by atoms with Crippen LogP contribution in [-0.2, 0) is 4.79 Å². The Hall–Kier alpha value is -0.610. The number of carboxylic acid groups (broad SMARTS) is 1. The first kappa shape index (κ1) is 16.4. The molecule has 0 amide bonds. The summed E-state index contributed by atoms with van der Waals surface area (Å²) in [5.41, 5.74) is 0. The van der Waals surface area contributed by atoms with Crippen molar-refractivity contribution in [2.24, 2.45) is 0 Å². The molecule has 0 radical (unpaired) electrons. The molecule has 0 aliphatic rings. The summed E-state index contributed by atoms with van der Waals surface area (Å²) in [4.78, 5) is 10.2. The van der Waals surface area contributed by atoms with E-state index >= 15 is 0 Å². The van der Waals surface area contributed by atoms with E-state index in [1.165, 1.54) is 12.8 Å². The first-order valence-corrected chi connectivity index (χ1v) is 6.67. The molecule has 0 bridgehead atoms. The Kier molecular flexibility index (Phi) is 11.4. The van der Waals surface area contributed by atoms with Crippen molar-refractivity contribution in [2.45, 2.75) is 70.3 Å². The van der Waals surface area contributed by atoms with Gasteiger partial charge in [-0.3, -0.25) is 4.79 Å². The van der Waals surface area contributed by atoms with Crippen LogP contribution < -0.4 is 0 Å². The van der Waals surface area contributed by atoms with Crippen molar-refractivity contribution in [2.75, 3.05) is 6.61 Å². The maximum atomic E-state index is 10.2. The van der Waals surface area contributed by atoms with E-state index in [0.29, 0.717) is 12.8 Å². The number of carboxylic acids is 1. The molecule has 0 heterocycles. The summed E-state index contributed by atoms with van der Waals surface area (Å²) in [6.45, 7) is -0.135. The molecule has 0 aromatic carbocycles. The van der Waals surface area contributed by atoms with Gasteiger partial charge in [-0.1, -0.05) is 44.9 Å². The zero-order valence-corrected chi connectivity index (χ0v) is 10.6. The monoisotopic (exact) mass is 246 g/mol. The Balaban J connectivity index is 3.01. The van der Waals surface area contributed by atoms with Crippen LogP contribution in [0.15, 0.2) is 0 Å². The highest BCUT2D eigenvalue weighted by Gasteiger charge is 2.00. The molecule has 0 aromatic heterocycles. The van der Waals surface area contributed by atoms with E-state index in [-0.39, 0.29) is 6.61 Å². The van der Waals surface area contributed by atoms with Crippen LogP contribution in [0.5, 0.6) is 0 Å². The van der Waals surface area contributed by atoms with Crippen LogP contribution in [0.3, 0.4) is 0 Å². The molecule has 102 valence electrons. The van der Waals surface area contributed by atoms with E-state index in [1.807, 2.05) is 0 Å². The summed E-state index contributed by atoms with van der Waals surface area (Å²) in [6.07, 6.45) is 8.94. The Labute approximate surface area is 104 Å². The number of hydrogen-bond donors (Lipinski definition) is 3. The molecule has 17 heavy (non-hydrogen) atoms. The SMILES string of the molecule is O=C(O)CCCCCCCCCCC(O)CO. The topological polar surface area (TPSA) is 77.8 Å². The highest BCUT2D eigenvalue weighted by Crippen LogP contribution is 2.11. The third-order valence-electron chi connectivity index (χ3n) is 2.89. The fourth-order valence-corrected chi connectivity index (χ4v) is 1.81. The third-order valence-corrected chi connectivity index (χ3v) is 2.89. The van der Waals surface area contributed by atoms with Crippen LogP contribution in [0.1, 0.15) is 64.2 Å². The maximum absolute atomic E-state index is 10.2. The Morgan fingerprint density at radius 2 is 1.35 bits per heavy atom. The van der Waals surface area contributed by atoms with Crippen LogP contribution in [0.4, 0.5) is 0 Å². The summed E-state index contributed by atoms with van der Waals surface area (Å²) in [7, 11) is 0. The Morgan fingerprint density at radius 1 is 0.882 bits per heavy atom. The predicted octanol–water partition coefficient (Wildman–Crippen LogP) is 2.33. The van der Waals surface area contributed by atoms with Gasteiger partial charge in [-0.25, -0.2) is 0 Å². The van der Waals surface area contributed by atoms with Crippen molar-refractivity contribution in [1.82, 2.24) is 0 Å². The minimum absolute atomic E-state index is 0.135. The summed E-state index contributed by atoms with van der Waals surface area (Å²) in [5, 5.41) is 26.1. The van der Waals surface area contributed by atoms with Gasteiger partial charge in [-0.05, 0) is 12.8 Å². The van der Waals surface area contributed by atoms with Crippen molar-refractivity contribution in [1.29, 1.82) is 0 Å². The molecule has 0 aromatic rings. The van der Waals surface area contributed by atoms with Gasteiger partial charge in [-0.2, -0.15) is 0 Å². The van der Waals surface area contributed by atoms with Gasteiger partial charge >= 0.3 is 5.97 Å². The number of rotatable bonds is 12. The lowest BCUT2D eigenvalue weighted by Crippen LogP contribution is -2.10. The van der Waals surface area contributed by atoms with Gasteiger partial charge in [0.25, 0.3) is 0 Å². The maximum Gasteiger partial charge on any atom is 0.303 e. The second kappa shape index (κ2) is 11.9. The molecule has 0 fully saturated rings. The van der Waals surface area contributed by atoms with Crippen molar-refractivity contribution in [3.8, 4) is 0 Å². The molecule has 0 saturated heterocycles. The number of aliphatic hydroxyl groups is 2. The molecule has 0 saturated carbocycles. The molecule has 0 aliphatic carbocycles. The molecule has 1 atom stereocenters. The van der Waals surface area contributed by atoms with Crippen molar-refractivity contribution >= 4 is 5.97 Å². The van der Waals surface area contributed by atoms with E-state index in [1.54, 1.807) is 0 Å². The van der Waals surface area contributed by atoms with E-state index in [0.717, 1.165) is 38.5 Å². The van der Waals surface area contributed by atoms with E-state index in [9.17, 15) is 4.79 Å². The highest BCUT2D eigenvalue weighted by molar-refractivity contribution is 5.66. The van der Waals surface area contributed by atoms with Crippen LogP contribution >= 0.6 is 0 Å². The van der Waals surface area contributed by atoms with Crippen LogP contribution in [0, 0.1) is 0 Å².